The number of rotatable bonds is 5. The van der Waals surface area contributed by atoms with Crippen molar-refractivity contribution in [3.8, 4) is 0 Å². The fraction of sp³-hybridized carbons (Fsp3) is 0.231. The van der Waals surface area contributed by atoms with Crippen molar-refractivity contribution in [2.75, 3.05) is 5.73 Å². The molecule has 1 aromatic carbocycles. The number of aryl methyl sites for hydroxylation is 1. The molecule has 0 radical (unpaired) electrons. The maximum Gasteiger partial charge on any atom is 0.222 e. The molecule has 3 N–H and O–H groups in total. The van der Waals surface area contributed by atoms with Crippen molar-refractivity contribution < 1.29 is 4.79 Å². The molecule has 0 atom stereocenters. The lowest BCUT2D eigenvalue weighted by molar-refractivity contribution is -0.121. The van der Waals surface area contributed by atoms with Crippen LogP contribution in [0.3, 0.4) is 0 Å². The predicted octanol–water partition coefficient (Wildman–Crippen LogP) is 1.17. The number of hydrogen-bond donors (Lipinski definition) is 2. The predicted molar refractivity (Wildman–Crippen MR) is 69.5 cm³/mol. The second-order valence-corrected chi connectivity index (χ2v) is 4.04. The average Bonchev–Trinajstić information content (AvgIpc) is 2.89. The van der Waals surface area contributed by atoms with Crippen molar-refractivity contribution in [2.24, 2.45) is 0 Å². The zero-order valence-corrected chi connectivity index (χ0v) is 10.0. The van der Waals surface area contributed by atoms with Gasteiger partial charge >= 0.3 is 0 Å². The van der Waals surface area contributed by atoms with Crippen LogP contribution < -0.4 is 11.1 Å². The number of hydrogen-bond acceptors (Lipinski definition) is 3. The van der Waals surface area contributed by atoms with Crippen LogP contribution in [-0.4, -0.2) is 15.7 Å². The Kier molecular flexibility index (Phi) is 3.96. The van der Waals surface area contributed by atoms with Crippen molar-refractivity contribution >= 4 is 11.6 Å². The Morgan fingerprint density at radius 3 is 2.78 bits per heavy atom. The molecule has 1 amide bonds. The standard InChI is InChI=1S/C13H16N4O/c14-12-4-2-11(3-5-12)10-15-13(18)6-9-17-8-1-7-16-17/h1-5,7-8H,6,9-10,14H2,(H,15,18). The molecule has 2 aromatic rings. The van der Waals surface area contributed by atoms with E-state index in [0.717, 1.165) is 11.3 Å². The van der Waals surface area contributed by atoms with E-state index in [-0.39, 0.29) is 5.91 Å². The monoisotopic (exact) mass is 244 g/mol. The van der Waals surface area contributed by atoms with Gasteiger partial charge in [0.2, 0.25) is 5.91 Å². The summed E-state index contributed by atoms with van der Waals surface area (Å²) in [5.74, 6) is 0.0160. The van der Waals surface area contributed by atoms with E-state index in [2.05, 4.69) is 10.4 Å². The van der Waals surface area contributed by atoms with Gasteiger partial charge in [-0.25, -0.2) is 0 Å². The van der Waals surface area contributed by atoms with Gasteiger partial charge < -0.3 is 11.1 Å². The number of carbonyl (C=O) groups excluding carboxylic acids is 1. The molecule has 0 saturated carbocycles. The molecule has 0 spiro atoms. The average molecular weight is 244 g/mol. The fourth-order valence-corrected chi connectivity index (χ4v) is 1.57. The Morgan fingerprint density at radius 2 is 2.11 bits per heavy atom. The van der Waals surface area contributed by atoms with E-state index in [4.69, 9.17) is 5.73 Å². The molecule has 5 heteroatoms. The summed E-state index contributed by atoms with van der Waals surface area (Å²) in [5, 5.41) is 6.90. The molecule has 0 fully saturated rings. The van der Waals surface area contributed by atoms with Crippen molar-refractivity contribution in [2.45, 2.75) is 19.5 Å². The normalized spacial score (nSPS) is 10.2. The Hall–Kier alpha value is -2.30. The number of nitrogens with two attached hydrogens (primary N) is 1. The number of nitrogens with one attached hydrogen (secondary N) is 1. The van der Waals surface area contributed by atoms with E-state index in [1.165, 1.54) is 0 Å². The molecule has 1 aromatic heterocycles. The molecule has 0 aliphatic rings. The highest BCUT2D eigenvalue weighted by Crippen LogP contribution is 2.04. The SMILES string of the molecule is Nc1ccc(CNC(=O)CCn2cccn2)cc1. The van der Waals surface area contributed by atoms with Crippen molar-refractivity contribution in [3.05, 3.63) is 48.3 Å². The van der Waals surface area contributed by atoms with Crippen LogP contribution in [0.5, 0.6) is 0 Å². The second kappa shape index (κ2) is 5.86. The topological polar surface area (TPSA) is 72.9 Å². The summed E-state index contributed by atoms with van der Waals surface area (Å²) in [6, 6.07) is 9.30. The maximum atomic E-state index is 11.6. The molecule has 5 nitrogen and oxygen atoms in total. The minimum absolute atomic E-state index is 0.0160. The summed E-state index contributed by atoms with van der Waals surface area (Å²) >= 11 is 0. The number of amides is 1. The van der Waals surface area contributed by atoms with E-state index in [0.29, 0.717) is 19.5 Å². The molecule has 0 aliphatic heterocycles. The van der Waals surface area contributed by atoms with Crippen molar-refractivity contribution in [1.82, 2.24) is 15.1 Å². The first-order valence-electron chi connectivity index (χ1n) is 5.82. The number of nitrogens with zero attached hydrogens (tertiary/aromatic N) is 2. The Labute approximate surface area is 106 Å². The Morgan fingerprint density at radius 1 is 1.33 bits per heavy atom. The molecule has 1 heterocycles. The van der Waals surface area contributed by atoms with Gasteiger partial charge in [0.05, 0.1) is 0 Å². The van der Waals surface area contributed by atoms with E-state index >= 15 is 0 Å². The number of aromatic nitrogens is 2. The van der Waals surface area contributed by atoms with Crippen LogP contribution in [0.15, 0.2) is 42.7 Å². The van der Waals surface area contributed by atoms with Gasteiger partial charge in [0, 0.05) is 37.6 Å². The molecule has 94 valence electrons. The van der Waals surface area contributed by atoms with Crippen molar-refractivity contribution in [1.29, 1.82) is 0 Å². The number of anilines is 1. The van der Waals surface area contributed by atoms with Crippen LogP contribution in [0.4, 0.5) is 5.69 Å². The largest absolute Gasteiger partial charge is 0.399 e. The number of nitrogen functional groups attached to an aromatic ring is 1. The summed E-state index contributed by atoms with van der Waals surface area (Å²) in [7, 11) is 0. The van der Waals surface area contributed by atoms with Crippen LogP contribution in [0, 0.1) is 0 Å². The highest BCUT2D eigenvalue weighted by atomic mass is 16.1. The third kappa shape index (κ3) is 3.62. The minimum Gasteiger partial charge on any atom is -0.399 e. The molecular formula is C13H16N4O. The number of carbonyl (C=O) groups is 1. The summed E-state index contributed by atoms with van der Waals surface area (Å²) in [6.45, 7) is 1.12. The van der Waals surface area contributed by atoms with Gasteiger partial charge in [-0.15, -0.1) is 0 Å². The van der Waals surface area contributed by atoms with Gasteiger partial charge in [-0.3, -0.25) is 9.48 Å². The van der Waals surface area contributed by atoms with Crippen LogP contribution in [0.1, 0.15) is 12.0 Å². The smallest absolute Gasteiger partial charge is 0.222 e. The lowest BCUT2D eigenvalue weighted by Crippen LogP contribution is -2.24. The molecule has 0 aliphatic carbocycles. The van der Waals surface area contributed by atoms with Gasteiger partial charge in [0.25, 0.3) is 0 Å². The Balaban J connectivity index is 1.73. The summed E-state index contributed by atoms with van der Waals surface area (Å²) in [4.78, 5) is 11.6. The van der Waals surface area contributed by atoms with Gasteiger partial charge in [-0.1, -0.05) is 12.1 Å². The lowest BCUT2D eigenvalue weighted by Gasteiger charge is -2.06. The minimum atomic E-state index is 0.0160. The summed E-state index contributed by atoms with van der Waals surface area (Å²) in [6.07, 6.45) is 3.97. The first-order chi connectivity index (χ1) is 8.74. The molecule has 2 rings (SSSR count). The van der Waals surface area contributed by atoms with Crippen LogP contribution in [0.25, 0.3) is 0 Å². The van der Waals surface area contributed by atoms with Gasteiger partial charge in [0.1, 0.15) is 0 Å². The van der Waals surface area contributed by atoms with E-state index in [1.54, 1.807) is 10.9 Å². The molecular weight excluding hydrogens is 228 g/mol. The lowest BCUT2D eigenvalue weighted by atomic mass is 10.2. The molecule has 0 unspecified atom stereocenters. The third-order valence-electron chi connectivity index (χ3n) is 2.60. The van der Waals surface area contributed by atoms with E-state index in [1.807, 2.05) is 36.5 Å². The first kappa shape index (κ1) is 12.2. The third-order valence-corrected chi connectivity index (χ3v) is 2.60. The van der Waals surface area contributed by atoms with Gasteiger partial charge in [-0.2, -0.15) is 5.10 Å². The fourth-order valence-electron chi connectivity index (χ4n) is 1.57. The summed E-state index contributed by atoms with van der Waals surface area (Å²) < 4.78 is 1.74. The highest BCUT2D eigenvalue weighted by molar-refractivity contribution is 5.75. The van der Waals surface area contributed by atoms with Crippen LogP contribution >= 0.6 is 0 Å². The van der Waals surface area contributed by atoms with Crippen molar-refractivity contribution in [3.63, 3.8) is 0 Å². The van der Waals surface area contributed by atoms with E-state index < -0.39 is 0 Å². The molecule has 0 bridgehead atoms. The van der Waals surface area contributed by atoms with Crippen LogP contribution in [0.2, 0.25) is 0 Å². The number of benzene rings is 1. The summed E-state index contributed by atoms with van der Waals surface area (Å²) in [5.41, 5.74) is 7.35. The van der Waals surface area contributed by atoms with Gasteiger partial charge in [-0.05, 0) is 23.8 Å². The van der Waals surface area contributed by atoms with Gasteiger partial charge in [0.15, 0.2) is 0 Å². The molecule has 0 saturated heterocycles. The first-order valence-corrected chi connectivity index (χ1v) is 5.82. The van der Waals surface area contributed by atoms with Crippen LogP contribution in [-0.2, 0) is 17.9 Å². The second-order valence-electron chi connectivity index (χ2n) is 4.04. The Bertz CT molecular complexity index is 490. The highest BCUT2D eigenvalue weighted by Gasteiger charge is 2.02. The zero-order valence-electron chi connectivity index (χ0n) is 10.0. The molecule has 18 heavy (non-hydrogen) atoms. The quantitative estimate of drug-likeness (QED) is 0.775. The zero-order chi connectivity index (χ0) is 12.8. The maximum absolute atomic E-state index is 11.6. The van der Waals surface area contributed by atoms with E-state index in [9.17, 15) is 4.79 Å².